The first kappa shape index (κ1) is 17.3. The van der Waals surface area contributed by atoms with Gasteiger partial charge in [-0.05, 0) is 25.5 Å². The summed E-state index contributed by atoms with van der Waals surface area (Å²) >= 11 is 0. The van der Waals surface area contributed by atoms with Gasteiger partial charge in [-0.25, -0.2) is 4.79 Å². The molecule has 0 saturated heterocycles. The van der Waals surface area contributed by atoms with E-state index in [1.807, 2.05) is 6.07 Å². The Morgan fingerprint density at radius 2 is 2.23 bits per heavy atom. The Hall–Kier alpha value is -3.53. The van der Waals surface area contributed by atoms with Crippen molar-refractivity contribution in [3.63, 3.8) is 0 Å². The topological polar surface area (TPSA) is 114 Å². The lowest BCUT2D eigenvalue weighted by molar-refractivity contribution is -0.140. The fraction of sp³-hybridized carbons (Fsp3) is 0.211. The van der Waals surface area contributed by atoms with E-state index in [1.54, 1.807) is 25.1 Å². The van der Waals surface area contributed by atoms with E-state index < -0.39 is 17.3 Å². The number of fused-ring (bicyclic) bond motifs is 2. The fourth-order valence-electron chi connectivity index (χ4n) is 3.56. The first-order valence-corrected chi connectivity index (χ1v) is 7.88. The van der Waals surface area contributed by atoms with Crippen LogP contribution in [0, 0.1) is 18.3 Å². The van der Waals surface area contributed by atoms with Crippen molar-refractivity contribution in [2.75, 3.05) is 11.9 Å². The van der Waals surface area contributed by atoms with Crippen LogP contribution in [-0.2, 0) is 24.5 Å². The number of nitrogens with one attached hydrogen (secondary N) is 1. The molecule has 7 heteroatoms. The lowest BCUT2D eigenvalue weighted by Crippen LogP contribution is -2.46. The Balaban J connectivity index is 2.38. The zero-order chi connectivity index (χ0) is 19.1. The van der Waals surface area contributed by atoms with Crippen LogP contribution in [0.3, 0.4) is 0 Å². The largest absolute Gasteiger partial charge is 0.458 e. The van der Waals surface area contributed by atoms with E-state index in [0.717, 1.165) is 5.56 Å². The molecule has 3 rings (SSSR count). The highest BCUT2D eigenvalue weighted by Gasteiger charge is 2.60. The molecular weight excluding hydrogens is 334 g/mol. The molecule has 0 radical (unpaired) electrons. The molecule has 0 aromatic heterocycles. The third kappa shape index (κ3) is 2.12. The number of hydrogen-bond acceptors (Lipinski definition) is 6. The summed E-state index contributed by atoms with van der Waals surface area (Å²) in [5.74, 6) is -1.42. The Bertz CT molecular complexity index is 952. The van der Waals surface area contributed by atoms with E-state index in [4.69, 9.17) is 15.2 Å². The van der Waals surface area contributed by atoms with E-state index >= 15 is 0 Å². The van der Waals surface area contributed by atoms with Crippen molar-refractivity contribution >= 4 is 17.6 Å². The molecule has 3 N–H and O–H groups in total. The van der Waals surface area contributed by atoms with E-state index in [9.17, 15) is 14.9 Å². The summed E-state index contributed by atoms with van der Waals surface area (Å²) in [5.41, 5.74) is 5.75. The molecule has 1 amide bonds. The normalized spacial score (nSPS) is 21.0. The monoisotopic (exact) mass is 351 g/mol. The van der Waals surface area contributed by atoms with Gasteiger partial charge in [0.25, 0.3) is 0 Å². The van der Waals surface area contributed by atoms with Gasteiger partial charge in [-0.2, -0.15) is 5.26 Å². The Labute approximate surface area is 150 Å². The van der Waals surface area contributed by atoms with Gasteiger partial charge in [-0.15, -0.1) is 0 Å². The van der Waals surface area contributed by atoms with Crippen molar-refractivity contribution in [3.8, 4) is 6.07 Å². The van der Waals surface area contributed by atoms with Gasteiger partial charge in [0.1, 0.15) is 29.6 Å². The minimum Gasteiger partial charge on any atom is -0.458 e. The quantitative estimate of drug-likeness (QED) is 0.635. The zero-order valence-electron chi connectivity index (χ0n) is 14.4. The molecule has 0 aliphatic carbocycles. The van der Waals surface area contributed by atoms with Crippen LogP contribution in [0.4, 0.5) is 5.69 Å². The highest BCUT2D eigenvalue weighted by Crippen LogP contribution is 2.52. The Morgan fingerprint density at radius 1 is 1.50 bits per heavy atom. The van der Waals surface area contributed by atoms with Crippen molar-refractivity contribution in [3.05, 3.63) is 64.8 Å². The molecule has 0 fully saturated rings. The second kappa shape index (κ2) is 6.08. The number of rotatable bonds is 3. The number of anilines is 1. The summed E-state index contributed by atoms with van der Waals surface area (Å²) in [7, 11) is 0. The number of nitriles is 1. The number of nitrogens with two attached hydrogens (primary N) is 1. The number of benzene rings is 1. The average Bonchev–Trinajstić information content (AvgIpc) is 2.87. The van der Waals surface area contributed by atoms with Crippen LogP contribution in [-0.4, -0.2) is 18.5 Å². The van der Waals surface area contributed by atoms with Gasteiger partial charge in [0.2, 0.25) is 11.8 Å². The zero-order valence-corrected chi connectivity index (χ0v) is 14.4. The molecule has 2 heterocycles. The third-order valence-corrected chi connectivity index (χ3v) is 4.50. The number of allylic oxidation sites excluding steroid dienone is 1. The van der Waals surface area contributed by atoms with Crippen LogP contribution in [0.15, 0.2) is 53.6 Å². The van der Waals surface area contributed by atoms with Crippen LogP contribution in [0.5, 0.6) is 0 Å². The predicted octanol–water partition coefficient (Wildman–Crippen LogP) is 1.91. The molecule has 2 aliphatic rings. The molecule has 1 atom stereocenters. The number of hydrogen-bond donors (Lipinski definition) is 2. The summed E-state index contributed by atoms with van der Waals surface area (Å²) < 4.78 is 10.6. The number of carbonyl (C=O) groups is 2. The Kier molecular flexibility index (Phi) is 4.04. The predicted molar refractivity (Wildman–Crippen MR) is 93.3 cm³/mol. The molecule has 2 aliphatic heterocycles. The molecule has 0 bridgehead atoms. The summed E-state index contributed by atoms with van der Waals surface area (Å²) in [6.45, 7) is 6.77. The summed E-state index contributed by atoms with van der Waals surface area (Å²) in [6.07, 6.45) is 1.41. The highest BCUT2D eigenvalue weighted by atomic mass is 16.5. The van der Waals surface area contributed by atoms with Crippen LogP contribution in [0.25, 0.3) is 0 Å². The summed E-state index contributed by atoms with van der Waals surface area (Å²) in [4.78, 5) is 25.9. The molecular formula is C19H17N3O4. The second-order valence-corrected chi connectivity index (χ2v) is 5.97. The van der Waals surface area contributed by atoms with Gasteiger partial charge in [0, 0.05) is 11.3 Å². The molecule has 26 heavy (non-hydrogen) atoms. The maximum absolute atomic E-state index is 13.1. The van der Waals surface area contributed by atoms with Crippen molar-refractivity contribution in [1.82, 2.24) is 0 Å². The van der Waals surface area contributed by atoms with Gasteiger partial charge < -0.3 is 20.5 Å². The van der Waals surface area contributed by atoms with Gasteiger partial charge in [-0.1, -0.05) is 24.8 Å². The van der Waals surface area contributed by atoms with Crippen molar-refractivity contribution in [2.24, 2.45) is 5.73 Å². The molecule has 1 unspecified atom stereocenters. The van der Waals surface area contributed by atoms with Gasteiger partial charge in [0.05, 0.1) is 0 Å². The number of esters is 1. The molecule has 1 spiro atoms. The fourth-order valence-corrected chi connectivity index (χ4v) is 3.56. The Morgan fingerprint density at radius 3 is 2.88 bits per heavy atom. The summed E-state index contributed by atoms with van der Waals surface area (Å²) in [6, 6.07) is 7.23. The van der Waals surface area contributed by atoms with E-state index in [-0.39, 0.29) is 29.4 Å². The third-order valence-electron chi connectivity index (χ3n) is 4.50. The van der Waals surface area contributed by atoms with Crippen LogP contribution in [0.1, 0.15) is 18.1 Å². The van der Waals surface area contributed by atoms with Crippen LogP contribution in [0.2, 0.25) is 0 Å². The minimum atomic E-state index is -1.71. The van der Waals surface area contributed by atoms with Crippen LogP contribution >= 0.6 is 0 Å². The number of carbonyl (C=O) groups excluding carboxylic acids is 2. The average molecular weight is 351 g/mol. The first-order chi connectivity index (χ1) is 12.4. The van der Waals surface area contributed by atoms with Gasteiger partial charge in [-0.3, -0.25) is 4.79 Å². The maximum Gasteiger partial charge on any atom is 0.339 e. The van der Waals surface area contributed by atoms with Crippen molar-refractivity contribution in [2.45, 2.75) is 19.3 Å². The molecule has 1 aromatic rings. The second-order valence-electron chi connectivity index (χ2n) is 5.97. The smallest absolute Gasteiger partial charge is 0.339 e. The van der Waals surface area contributed by atoms with E-state index in [0.29, 0.717) is 11.3 Å². The van der Waals surface area contributed by atoms with E-state index in [1.165, 1.54) is 13.0 Å². The maximum atomic E-state index is 13.1. The minimum absolute atomic E-state index is 0.0466. The molecule has 7 nitrogen and oxygen atoms in total. The lowest BCUT2D eigenvalue weighted by Gasteiger charge is -2.34. The van der Waals surface area contributed by atoms with E-state index in [2.05, 4.69) is 11.9 Å². The molecule has 132 valence electrons. The SMILES string of the molecule is C=CCOC(=O)C1=C(C)OC(N)=C(C#N)C12C(=O)Nc1cccc(C)c12. The lowest BCUT2D eigenvalue weighted by atomic mass is 9.67. The van der Waals surface area contributed by atoms with Crippen LogP contribution < -0.4 is 11.1 Å². The first-order valence-electron chi connectivity index (χ1n) is 7.88. The van der Waals surface area contributed by atoms with Gasteiger partial charge in [0.15, 0.2) is 5.41 Å². The number of amides is 1. The van der Waals surface area contributed by atoms with Crippen molar-refractivity contribution in [1.29, 1.82) is 5.26 Å². The standard InChI is InChI=1S/C19H17N3O4/c1-4-8-25-17(23)15-11(3)26-16(21)12(9-20)19(15)14-10(2)6-5-7-13(14)22-18(19)24/h4-7H,1,8,21H2,2-3H3,(H,22,24). The molecule has 0 saturated carbocycles. The number of nitrogens with zero attached hydrogens (tertiary/aromatic N) is 1. The number of aryl methyl sites for hydroxylation is 1. The van der Waals surface area contributed by atoms with Gasteiger partial charge >= 0.3 is 5.97 Å². The summed E-state index contributed by atoms with van der Waals surface area (Å²) in [5, 5.41) is 12.5. The van der Waals surface area contributed by atoms with Crippen molar-refractivity contribution < 1.29 is 19.1 Å². The molecule has 1 aromatic carbocycles. The highest BCUT2D eigenvalue weighted by molar-refractivity contribution is 6.17. The number of ether oxygens (including phenoxy) is 2.